The molecule has 0 saturated heterocycles. The van der Waals surface area contributed by atoms with Crippen LogP contribution in [0.4, 0.5) is 10.8 Å². The minimum absolute atomic E-state index is 0.00743. The molecule has 1 aromatic carbocycles. The van der Waals surface area contributed by atoms with E-state index in [9.17, 15) is 9.59 Å². The molecule has 0 aliphatic carbocycles. The normalized spacial score (nSPS) is 10.7. The molecule has 0 unspecified atom stereocenters. The lowest BCUT2D eigenvalue weighted by molar-refractivity contribution is -0.138. The van der Waals surface area contributed by atoms with Gasteiger partial charge in [0.2, 0.25) is 0 Å². The third-order valence-corrected chi connectivity index (χ3v) is 5.21. The van der Waals surface area contributed by atoms with Crippen LogP contribution in [0.1, 0.15) is 32.9 Å². The molecule has 0 bridgehead atoms. The summed E-state index contributed by atoms with van der Waals surface area (Å²) in [6.07, 6.45) is -0.00743. The van der Waals surface area contributed by atoms with Gasteiger partial charge in [0, 0.05) is 22.7 Å². The van der Waals surface area contributed by atoms with Crippen molar-refractivity contribution in [3.8, 4) is 0 Å². The molecule has 0 aliphatic rings. The minimum atomic E-state index is -0.877. The first kappa shape index (κ1) is 22.8. The second-order valence-electron chi connectivity index (χ2n) is 6.39. The summed E-state index contributed by atoms with van der Waals surface area (Å²) in [6, 6.07) is 5.53. The number of aryl methyl sites for hydroxylation is 2. The van der Waals surface area contributed by atoms with Gasteiger partial charge in [-0.2, -0.15) is 0 Å². The molecule has 0 spiro atoms. The molecule has 2 rings (SSSR count). The molecular formula is C20H27N3O5S. The Labute approximate surface area is 174 Å². The molecule has 0 fully saturated rings. The number of hydrogen-bond acceptors (Lipinski definition) is 7. The monoisotopic (exact) mass is 421 g/mol. The fourth-order valence-electron chi connectivity index (χ4n) is 2.50. The zero-order valence-corrected chi connectivity index (χ0v) is 17.7. The summed E-state index contributed by atoms with van der Waals surface area (Å²) < 4.78 is 10.6. The van der Waals surface area contributed by atoms with Gasteiger partial charge in [0.05, 0.1) is 38.5 Å². The number of aliphatic carboxylic acids is 1. The highest BCUT2D eigenvalue weighted by Crippen LogP contribution is 2.24. The molecule has 158 valence electrons. The lowest BCUT2D eigenvalue weighted by Crippen LogP contribution is -2.16. The summed E-state index contributed by atoms with van der Waals surface area (Å²) in [7, 11) is 0. The number of carbonyl (C=O) groups is 2. The van der Waals surface area contributed by atoms with Crippen LogP contribution >= 0.6 is 11.3 Å². The molecule has 0 aliphatic heterocycles. The van der Waals surface area contributed by atoms with Gasteiger partial charge in [-0.05, 0) is 38.5 Å². The van der Waals surface area contributed by atoms with E-state index in [0.717, 1.165) is 21.8 Å². The first-order valence-corrected chi connectivity index (χ1v) is 10.2. The maximum atomic E-state index is 12.6. The van der Waals surface area contributed by atoms with Gasteiger partial charge in [0.25, 0.3) is 5.91 Å². The predicted octanol–water partition coefficient (Wildman–Crippen LogP) is 3.24. The van der Waals surface area contributed by atoms with Crippen molar-refractivity contribution in [3.05, 3.63) is 39.9 Å². The van der Waals surface area contributed by atoms with Crippen LogP contribution in [0.5, 0.6) is 0 Å². The Kier molecular flexibility index (Phi) is 9.04. The van der Waals surface area contributed by atoms with Gasteiger partial charge in [-0.15, -0.1) is 11.3 Å². The van der Waals surface area contributed by atoms with Crippen LogP contribution in [0.3, 0.4) is 0 Å². The second kappa shape index (κ2) is 11.5. The lowest BCUT2D eigenvalue weighted by Gasteiger charge is -2.13. The molecule has 0 saturated carbocycles. The Hall–Kier alpha value is -2.49. The molecule has 3 N–H and O–H groups in total. The summed E-state index contributed by atoms with van der Waals surface area (Å²) in [5, 5.41) is 15.2. The Morgan fingerprint density at radius 3 is 2.48 bits per heavy atom. The number of carboxylic acids is 1. The van der Waals surface area contributed by atoms with Crippen LogP contribution in [-0.2, 0) is 14.3 Å². The van der Waals surface area contributed by atoms with Crippen LogP contribution in [0.2, 0.25) is 0 Å². The van der Waals surface area contributed by atoms with Crippen molar-refractivity contribution in [1.82, 2.24) is 4.98 Å². The maximum absolute atomic E-state index is 12.6. The van der Waals surface area contributed by atoms with Gasteiger partial charge >= 0.3 is 5.97 Å². The number of rotatable bonds is 12. The topological polar surface area (TPSA) is 110 Å². The lowest BCUT2D eigenvalue weighted by atomic mass is 10.1. The first-order chi connectivity index (χ1) is 13.9. The molecule has 1 amide bonds. The predicted molar refractivity (Wildman–Crippen MR) is 113 cm³/mol. The first-order valence-electron chi connectivity index (χ1n) is 9.34. The SMILES string of the molecule is Cc1nc(NC(=O)c2cccc(NCCOCCOCCC(=O)O)c2C)sc1C. The molecule has 0 atom stereocenters. The Balaban J connectivity index is 1.76. The van der Waals surface area contributed by atoms with Crippen molar-refractivity contribution in [3.63, 3.8) is 0 Å². The van der Waals surface area contributed by atoms with E-state index in [2.05, 4.69) is 15.6 Å². The van der Waals surface area contributed by atoms with Gasteiger partial charge in [-0.3, -0.25) is 14.9 Å². The van der Waals surface area contributed by atoms with E-state index in [1.54, 1.807) is 6.07 Å². The van der Waals surface area contributed by atoms with Crippen LogP contribution in [0, 0.1) is 20.8 Å². The standard InChI is InChI=1S/C20H27N3O5S/c1-13-16(19(26)23-20-22-14(2)15(3)29-20)5-4-6-17(13)21-8-10-28-12-11-27-9-7-18(24)25/h4-6,21H,7-12H2,1-3H3,(H,24,25)(H,22,23,26). The number of thiazole rings is 1. The number of nitrogens with zero attached hydrogens (tertiary/aromatic N) is 1. The van der Waals surface area contributed by atoms with Crippen molar-refractivity contribution in [2.75, 3.05) is 43.6 Å². The highest BCUT2D eigenvalue weighted by molar-refractivity contribution is 7.15. The van der Waals surface area contributed by atoms with Gasteiger partial charge in [-0.25, -0.2) is 4.98 Å². The Bertz CT molecular complexity index is 818. The summed E-state index contributed by atoms with van der Waals surface area (Å²) in [5.74, 6) is -1.06. The fourth-order valence-corrected chi connectivity index (χ4v) is 3.31. The van der Waals surface area contributed by atoms with Gasteiger partial charge in [-0.1, -0.05) is 6.07 Å². The number of carbonyl (C=O) groups excluding carboxylic acids is 1. The molecule has 1 heterocycles. The Morgan fingerprint density at radius 1 is 1.10 bits per heavy atom. The molecule has 0 radical (unpaired) electrons. The number of carboxylic acid groups (broad SMARTS) is 1. The third kappa shape index (κ3) is 7.45. The van der Waals surface area contributed by atoms with E-state index >= 15 is 0 Å². The fraction of sp³-hybridized carbons (Fsp3) is 0.450. The van der Waals surface area contributed by atoms with Gasteiger partial charge < -0.3 is 19.9 Å². The number of anilines is 2. The number of aromatic nitrogens is 1. The Morgan fingerprint density at radius 2 is 1.83 bits per heavy atom. The quantitative estimate of drug-likeness (QED) is 0.451. The molecule has 2 aromatic rings. The zero-order valence-electron chi connectivity index (χ0n) is 16.9. The number of nitrogens with one attached hydrogen (secondary N) is 2. The summed E-state index contributed by atoms with van der Waals surface area (Å²) in [6.45, 7) is 7.77. The van der Waals surface area contributed by atoms with Gasteiger partial charge in [0.15, 0.2) is 5.13 Å². The largest absolute Gasteiger partial charge is 0.481 e. The number of ether oxygens (including phenoxy) is 2. The van der Waals surface area contributed by atoms with E-state index in [-0.39, 0.29) is 18.9 Å². The molecular weight excluding hydrogens is 394 g/mol. The highest BCUT2D eigenvalue weighted by atomic mass is 32.1. The van der Waals surface area contributed by atoms with Crippen LogP contribution < -0.4 is 10.6 Å². The number of benzene rings is 1. The summed E-state index contributed by atoms with van der Waals surface area (Å²) in [4.78, 5) is 28.4. The van der Waals surface area contributed by atoms with Crippen LogP contribution in [0.15, 0.2) is 18.2 Å². The molecule has 1 aromatic heterocycles. The van der Waals surface area contributed by atoms with Crippen molar-refractivity contribution in [2.24, 2.45) is 0 Å². The smallest absolute Gasteiger partial charge is 0.305 e. The van der Waals surface area contributed by atoms with Crippen LogP contribution in [-0.4, -0.2) is 54.9 Å². The summed E-state index contributed by atoms with van der Waals surface area (Å²) >= 11 is 1.46. The second-order valence-corrected chi connectivity index (χ2v) is 7.59. The molecule has 9 heteroatoms. The van der Waals surface area contributed by atoms with E-state index in [4.69, 9.17) is 14.6 Å². The highest BCUT2D eigenvalue weighted by Gasteiger charge is 2.14. The van der Waals surface area contributed by atoms with Crippen molar-refractivity contribution < 1.29 is 24.2 Å². The zero-order chi connectivity index (χ0) is 21.2. The van der Waals surface area contributed by atoms with Gasteiger partial charge in [0.1, 0.15) is 0 Å². The van der Waals surface area contributed by atoms with E-state index in [1.807, 2.05) is 32.9 Å². The average Bonchev–Trinajstić information content (AvgIpc) is 2.98. The summed E-state index contributed by atoms with van der Waals surface area (Å²) in [5.41, 5.74) is 3.23. The van der Waals surface area contributed by atoms with Crippen molar-refractivity contribution in [2.45, 2.75) is 27.2 Å². The third-order valence-electron chi connectivity index (χ3n) is 4.22. The van der Waals surface area contributed by atoms with Crippen molar-refractivity contribution in [1.29, 1.82) is 0 Å². The van der Waals surface area contributed by atoms with E-state index < -0.39 is 5.97 Å². The van der Waals surface area contributed by atoms with E-state index in [0.29, 0.717) is 37.1 Å². The molecule has 8 nitrogen and oxygen atoms in total. The average molecular weight is 422 g/mol. The van der Waals surface area contributed by atoms with Crippen LogP contribution in [0.25, 0.3) is 0 Å². The molecule has 29 heavy (non-hydrogen) atoms. The number of hydrogen-bond donors (Lipinski definition) is 3. The van der Waals surface area contributed by atoms with Crippen molar-refractivity contribution >= 4 is 34.0 Å². The number of amides is 1. The maximum Gasteiger partial charge on any atom is 0.305 e. The minimum Gasteiger partial charge on any atom is -0.481 e. The van der Waals surface area contributed by atoms with E-state index in [1.165, 1.54) is 11.3 Å².